The average Bonchev–Trinajstić information content (AvgIpc) is 3.70. The van der Waals surface area contributed by atoms with Crippen LogP contribution in [0.25, 0.3) is 33.5 Å². The average molecular weight is 534 g/mol. The summed E-state index contributed by atoms with van der Waals surface area (Å²) in [6.45, 7) is 2.00. The second kappa shape index (κ2) is 10.1. The number of rotatable bonds is 7. The molecule has 4 N–H and O–H groups in total. The van der Waals surface area contributed by atoms with Crippen LogP contribution in [0.3, 0.4) is 0 Å². The first kappa shape index (κ1) is 24.9. The van der Waals surface area contributed by atoms with Crippen molar-refractivity contribution in [3.63, 3.8) is 0 Å². The van der Waals surface area contributed by atoms with Crippen LogP contribution in [0.5, 0.6) is 5.75 Å². The molecule has 0 spiro atoms. The van der Waals surface area contributed by atoms with E-state index in [2.05, 4.69) is 25.7 Å². The highest BCUT2D eigenvalue weighted by Crippen LogP contribution is 2.26. The van der Waals surface area contributed by atoms with E-state index in [4.69, 9.17) is 0 Å². The quantitative estimate of drug-likeness (QED) is 0.248. The number of phenols is 1. The summed E-state index contributed by atoms with van der Waals surface area (Å²) in [5.74, 6) is -0.580. The van der Waals surface area contributed by atoms with E-state index in [1.807, 2.05) is 46.3 Å². The first-order chi connectivity index (χ1) is 19.4. The maximum atomic E-state index is 13.3. The van der Waals surface area contributed by atoms with Crippen molar-refractivity contribution in [3.8, 4) is 22.7 Å². The highest BCUT2D eigenvalue weighted by molar-refractivity contribution is 5.98. The zero-order chi connectivity index (χ0) is 27.8. The first-order valence-corrected chi connectivity index (χ1v) is 12.8. The lowest BCUT2D eigenvalue weighted by Gasteiger charge is -2.17. The normalized spacial score (nSPS) is 12.1. The summed E-state index contributed by atoms with van der Waals surface area (Å²) in [6.07, 6.45) is 7.37. The molecule has 0 saturated heterocycles. The molecule has 6 rings (SSSR count). The van der Waals surface area contributed by atoms with Gasteiger partial charge in [0, 0.05) is 59.8 Å². The minimum absolute atomic E-state index is 0.129. The number of aromatic amines is 1. The van der Waals surface area contributed by atoms with Crippen molar-refractivity contribution in [2.24, 2.45) is 0 Å². The van der Waals surface area contributed by atoms with Gasteiger partial charge in [-0.25, -0.2) is 9.67 Å². The van der Waals surface area contributed by atoms with Gasteiger partial charge >= 0.3 is 0 Å². The predicted molar refractivity (Wildman–Crippen MR) is 151 cm³/mol. The molecule has 2 aromatic carbocycles. The Kier molecular flexibility index (Phi) is 6.27. The van der Waals surface area contributed by atoms with Crippen molar-refractivity contribution < 1.29 is 14.7 Å². The van der Waals surface area contributed by atoms with E-state index >= 15 is 0 Å². The van der Waals surface area contributed by atoms with Gasteiger partial charge in [0.1, 0.15) is 17.4 Å². The Morgan fingerprint density at radius 2 is 1.98 bits per heavy atom. The van der Waals surface area contributed by atoms with E-state index in [1.54, 1.807) is 55.1 Å². The summed E-state index contributed by atoms with van der Waals surface area (Å²) in [5, 5.41) is 20.6. The summed E-state index contributed by atoms with van der Waals surface area (Å²) in [4.78, 5) is 33.6. The van der Waals surface area contributed by atoms with Crippen LogP contribution in [0, 0.1) is 6.92 Å². The van der Waals surface area contributed by atoms with Gasteiger partial charge in [-0.05, 0) is 61.0 Å². The van der Waals surface area contributed by atoms with Gasteiger partial charge in [0.2, 0.25) is 5.91 Å². The van der Waals surface area contributed by atoms with E-state index in [1.165, 1.54) is 7.05 Å². The smallest absolute Gasteiger partial charge is 0.252 e. The topological polar surface area (TPSA) is 129 Å². The number of imidazole rings is 1. The van der Waals surface area contributed by atoms with Gasteiger partial charge in [0.25, 0.3) is 5.91 Å². The summed E-state index contributed by atoms with van der Waals surface area (Å²) in [6, 6.07) is 17.6. The fourth-order valence-corrected chi connectivity index (χ4v) is 4.95. The molecule has 200 valence electrons. The lowest BCUT2D eigenvalue weighted by molar-refractivity contribution is -0.122. The molecule has 4 aromatic heterocycles. The standard InChI is InChI=1S/C30H27N7O3/c1-18-8-10-34-37(18)22-5-3-4-19(12-22)27-17-33-28-14-20(9-11-36(27)28)29(39)35-26(30(40)31-2)13-21-16-32-25-7-6-23(38)15-24(21)25/h3-12,14-17,26,32,38H,13H2,1-2H3,(H,31,40)(H,35,39)/t26-/m0/s1. The molecule has 40 heavy (non-hydrogen) atoms. The number of amides is 2. The van der Waals surface area contributed by atoms with Gasteiger partial charge in [-0.3, -0.25) is 14.0 Å². The van der Waals surface area contributed by atoms with E-state index in [-0.39, 0.29) is 24.0 Å². The number of H-pyrrole nitrogens is 1. The third-order valence-corrected chi connectivity index (χ3v) is 7.04. The van der Waals surface area contributed by atoms with Crippen molar-refractivity contribution in [1.29, 1.82) is 0 Å². The number of benzene rings is 2. The number of nitrogens with one attached hydrogen (secondary N) is 3. The number of pyridine rings is 1. The van der Waals surface area contributed by atoms with Gasteiger partial charge < -0.3 is 20.7 Å². The zero-order valence-electron chi connectivity index (χ0n) is 21.9. The van der Waals surface area contributed by atoms with Gasteiger partial charge in [-0.1, -0.05) is 12.1 Å². The highest BCUT2D eigenvalue weighted by atomic mass is 16.3. The van der Waals surface area contributed by atoms with Gasteiger partial charge in [-0.15, -0.1) is 0 Å². The largest absolute Gasteiger partial charge is 0.508 e. The fraction of sp³-hybridized carbons (Fsp3) is 0.133. The van der Waals surface area contributed by atoms with Crippen LogP contribution < -0.4 is 10.6 Å². The molecule has 10 heteroatoms. The lowest BCUT2D eigenvalue weighted by atomic mass is 10.0. The predicted octanol–water partition coefficient (Wildman–Crippen LogP) is 3.77. The molecule has 0 unspecified atom stereocenters. The molecule has 4 heterocycles. The SMILES string of the molecule is CNC(=O)[C@H](Cc1c[nH]c2ccc(O)cc12)NC(=O)c1ccn2c(-c3cccc(-n4nccc4C)c3)cnc2c1. The van der Waals surface area contributed by atoms with Gasteiger partial charge in [0.15, 0.2) is 0 Å². The Bertz CT molecular complexity index is 1880. The van der Waals surface area contributed by atoms with Gasteiger partial charge in [0.05, 0.1) is 17.6 Å². The molecule has 0 aliphatic heterocycles. The summed E-state index contributed by atoms with van der Waals surface area (Å²) in [5.41, 5.74) is 6.44. The Morgan fingerprint density at radius 1 is 1.10 bits per heavy atom. The number of aromatic hydroxyl groups is 1. The summed E-state index contributed by atoms with van der Waals surface area (Å²) in [7, 11) is 1.53. The van der Waals surface area contributed by atoms with Crippen LogP contribution in [0.15, 0.2) is 85.5 Å². The number of aryl methyl sites for hydroxylation is 1. The monoisotopic (exact) mass is 533 g/mol. The summed E-state index contributed by atoms with van der Waals surface area (Å²) >= 11 is 0. The number of fused-ring (bicyclic) bond motifs is 2. The fourth-order valence-electron chi connectivity index (χ4n) is 4.95. The van der Waals surface area contributed by atoms with Crippen molar-refractivity contribution >= 4 is 28.4 Å². The molecule has 0 aliphatic rings. The number of hydrogen-bond acceptors (Lipinski definition) is 5. The number of phenolic OH excluding ortho intramolecular Hbond substituents is 1. The number of carbonyl (C=O) groups is 2. The number of hydrogen-bond donors (Lipinski definition) is 4. The zero-order valence-corrected chi connectivity index (χ0v) is 21.9. The minimum Gasteiger partial charge on any atom is -0.508 e. The van der Waals surface area contributed by atoms with Crippen molar-refractivity contribution in [1.82, 2.24) is 34.8 Å². The lowest BCUT2D eigenvalue weighted by Crippen LogP contribution is -2.47. The molecule has 1 atom stereocenters. The van der Waals surface area contributed by atoms with Crippen LogP contribution in [0.2, 0.25) is 0 Å². The maximum absolute atomic E-state index is 13.3. The van der Waals surface area contributed by atoms with E-state index < -0.39 is 6.04 Å². The summed E-state index contributed by atoms with van der Waals surface area (Å²) < 4.78 is 3.79. The number of aromatic nitrogens is 5. The maximum Gasteiger partial charge on any atom is 0.252 e. The molecule has 10 nitrogen and oxygen atoms in total. The van der Waals surface area contributed by atoms with Crippen LogP contribution in [0.4, 0.5) is 0 Å². The highest BCUT2D eigenvalue weighted by Gasteiger charge is 2.23. The molecule has 6 aromatic rings. The van der Waals surface area contributed by atoms with Crippen molar-refractivity contribution in [2.75, 3.05) is 7.05 Å². The van der Waals surface area contributed by atoms with Crippen LogP contribution in [-0.2, 0) is 11.2 Å². The Hall–Kier alpha value is -5.38. The molecular formula is C30H27N7O3. The minimum atomic E-state index is -0.820. The second-order valence-electron chi connectivity index (χ2n) is 9.61. The van der Waals surface area contributed by atoms with Crippen molar-refractivity contribution in [3.05, 3.63) is 102 Å². The Balaban J connectivity index is 1.25. The molecule has 0 bridgehead atoms. The first-order valence-electron chi connectivity index (χ1n) is 12.8. The molecule has 0 radical (unpaired) electrons. The molecular weight excluding hydrogens is 506 g/mol. The van der Waals surface area contributed by atoms with Gasteiger partial charge in [-0.2, -0.15) is 5.10 Å². The van der Waals surface area contributed by atoms with Crippen LogP contribution in [-0.4, -0.2) is 54.2 Å². The third-order valence-electron chi connectivity index (χ3n) is 7.04. The third kappa shape index (κ3) is 4.55. The molecule has 0 saturated carbocycles. The Labute approximate surface area is 229 Å². The molecule has 0 fully saturated rings. The van der Waals surface area contributed by atoms with E-state index in [0.717, 1.165) is 39.1 Å². The van der Waals surface area contributed by atoms with E-state index in [9.17, 15) is 14.7 Å². The molecule has 2 amide bonds. The van der Waals surface area contributed by atoms with Crippen LogP contribution >= 0.6 is 0 Å². The molecule has 0 aliphatic carbocycles. The van der Waals surface area contributed by atoms with E-state index in [0.29, 0.717) is 11.2 Å². The van der Waals surface area contributed by atoms with Crippen molar-refractivity contribution in [2.45, 2.75) is 19.4 Å². The number of likely N-dealkylation sites (N-methyl/N-ethyl adjacent to an activating group) is 1. The second-order valence-corrected chi connectivity index (χ2v) is 9.61. The Morgan fingerprint density at radius 3 is 2.77 bits per heavy atom. The van der Waals surface area contributed by atoms with Crippen LogP contribution in [0.1, 0.15) is 21.6 Å². The number of carbonyl (C=O) groups excluding carboxylic acids is 2. The number of nitrogens with zero attached hydrogens (tertiary/aromatic N) is 4.